The van der Waals surface area contributed by atoms with Crippen LogP contribution in [0.3, 0.4) is 0 Å². The topological polar surface area (TPSA) is 101 Å². The lowest BCUT2D eigenvalue weighted by molar-refractivity contribution is -0.137. The second-order valence-corrected chi connectivity index (χ2v) is 9.72. The van der Waals surface area contributed by atoms with Crippen LogP contribution in [0.4, 0.5) is 4.39 Å². The van der Waals surface area contributed by atoms with Crippen LogP contribution >= 0.6 is 0 Å². The largest absolute Gasteiger partial charge is 0.481 e. The van der Waals surface area contributed by atoms with Gasteiger partial charge in [-0.2, -0.15) is 0 Å². The number of aromatic nitrogens is 3. The summed E-state index contributed by atoms with van der Waals surface area (Å²) in [4.78, 5) is 29.7. The van der Waals surface area contributed by atoms with Gasteiger partial charge in [-0.05, 0) is 70.7 Å². The average Bonchev–Trinajstić information content (AvgIpc) is 3.27. The van der Waals surface area contributed by atoms with Gasteiger partial charge in [-0.1, -0.05) is 12.1 Å². The number of fused-ring (bicyclic) bond motifs is 2. The fraction of sp³-hybridized carbons (Fsp3) is 0.556. The van der Waals surface area contributed by atoms with E-state index in [1.807, 2.05) is 18.4 Å². The summed E-state index contributed by atoms with van der Waals surface area (Å²) in [5.41, 5.74) is 3.38. The molecule has 0 radical (unpaired) electrons. The van der Waals surface area contributed by atoms with Crippen molar-refractivity contribution in [3.63, 3.8) is 0 Å². The van der Waals surface area contributed by atoms with Crippen LogP contribution in [0, 0.1) is 12.7 Å². The maximum atomic E-state index is 13.4. The van der Waals surface area contributed by atoms with Crippen LogP contribution < -0.4 is 5.56 Å². The minimum Gasteiger partial charge on any atom is -0.481 e. The molecule has 0 unspecified atom stereocenters. The molecule has 0 spiro atoms. The second kappa shape index (κ2) is 11.8. The average molecular weight is 499 g/mol. The monoisotopic (exact) mass is 498 g/mol. The van der Waals surface area contributed by atoms with Gasteiger partial charge in [0.15, 0.2) is 5.58 Å². The van der Waals surface area contributed by atoms with Crippen molar-refractivity contribution in [3.8, 4) is 0 Å². The number of halogens is 1. The van der Waals surface area contributed by atoms with Crippen molar-refractivity contribution >= 4 is 16.9 Å². The van der Waals surface area contributed by atoms with Crippen LogP contribution in [0.2, 0.25) is 0 Å². The zero-order chi connectivity index (χ0) is 25.7. The van der Waals surface area contributed by atoms with E-state index in [9.17, 15) is 14.0 Å². The summed E-state index contributed by atoms with van der Waals surface area (Å²) in [6, 6.07) is 4.63. The van der Waals surface area contributed by atoms with Gasteiger partial charge < -0.3 is 14.5 Å². The number of likely N-dealkylation sites (tertiary alicyclic amines) is 1. The van der Waals surface area contributed by atoms with Crippen LogP contribution in [-0.2, 0) is 24.2 Å². The molecular formula is C27H35FN4O4. The highest BCUT2D eigenvalue weighted by atomic mass is 19.1. The van der Waals surface area contributed by atoms with E-state index in [-0.39, 0.29) is 11.4 Å². The van der Waals surface area contributed by atoms with E-state index in [0.29, 0.717) is 17.9 Å². The Labute approximate surface area is 210 Å². The molecule has 36 heavy (non-hydrogen) atoms. The minimum atomic E-state index is -0.711. The first-order chi connectivity index (χ1) is 17.4. The van der Waals surface area contributed by atoms with Crippen LogP contribution in [0.1, 0.15) is 74.1 Å². The summed E-state index contributed by atoms with van der Waals surface area (Å²) in [6.45, 7) is 7.40. The predicted molar refractivity (Wildman–Crippen MR) is 135 cm³/mol. The molecule has 8 nitrogen and oxygen atoms in total. The molecular weight excluding hydrogens is 463 g/mol. The maximum absolute atomic E-state index is 13.4. The molecule has 1 saturated heterocycles. The Morgan fingerprint density at radius 1 is 1.22 bits per heavy atom. The van der Waals surface area contributed by atoms with Gasteiger partial charge in [0.25, 0.3) is 5.56 Å². The Kier molecular flexibility index (Phi) is 8.51. The summed E-state index contributed by atoms with van der Waals surface area (Å²) in [6.07, 6.45) is 6.83. The third-order valence-electron chi connectivity index (χ3n) is 7.16. The molecule has 0 saturated carbocycles. The van der Waals surface area contributed by atoms with Crippen LogP contribution in [0.25, 0.3) is 11.0 Å². The van der Waals surface area contributed by atoms with Gasteiger partial charge in [-0.3, -0.25) is 14.2 Å². The molecule has 0 bridgehead atoms. The lowest BCUT2D eigenvalue weighted by Crippen LogP contribution is -2.37. The molecule has 5 rings (SSSR count). The molecule has 0 amide bonds. The van der Waals surface area contributed by atoms with Crippen molar-refractivity contribution in [2.45, 2.75) is 77.7 Å². The number of carboxylic acid groups (broad SMARTS) is 1. The van der Waals surface area contributed by atoms with Gasteiger partial charge in [-0.15, -0.1) is 0 Å². The first-order valence-corrected chi connectivity index (χ1v) is 13.0. The summed E-state index contributed by atoms with van der Waals surface area (Å²) in [5.74, 6) is 0.263. The molecule has 2 aromatic heterocycles. The first-order valence-electron chi connectivity index (χ1n) is 13.0. The minimum absolute atomic E-state index is 0.161. The van der Waals surface area contributed by atoms with E-state index in [2.05, 4.69) is 10.1 Å². The van der Waals surface area contributed by atoms with Crippen LogP contribution in [0.5, 0.6) is 0 Å². The predicted octanol–water partition coefficient (Wildman–Crippen LogP) is 4.46. The molecule has 4 heterocycles. The Bertz CT molecular complexity index is 1260. The fourth-order valence-electron chi connectivity index (χ4n) is 5.16. The van der Waals surface area contributed by atoms with Gasteiger partial charge in [0.05, 0.1) is 5.69 Å². The van der Waals surface area contributed by atoms with Crippen molar-refractivity contribution in [1.29, 1.82) is 0 Å². The van der Waals surface area contributed by atoms with Crippen LogP contribution in [-0.4, -0.2) is 50.3 Å². The number of hydrogen-bond donors (Lipinski definition) is 1. The van der Waals surface area contributed by atoms with Crippen molar-refractivity contribution in [2.75, 3.05) is 19.6 Å². The maximum Gasteiger partial charge on any atom is 0.303 e. The molecule has 194 valence electrons. The van der Waals surface area contributed by atoms with Crippen molar-refractivity contribution in [2.24, 2.45) is 0 Å². The summed E-state index contributed by atoms with van der Waals surface area (Å²) < 4.78 is 20.6. The van der Waals surface area contributed by atoms with Gasteiger partial charge >= 0.3 is 5.97 Å². The lowest BCUT2D eigenvalue weighted by Gasteiger charge is -2.31. The summed E-state index contributed by atoms with van der Waals surface area (Å²) in [5, 5.41) is 13.1. The second-order valence-electron chi connectivity index (χ2n) is 9.72. The fourth-order valence-corrected chi connectivity index (χ4v) is 5.16. The van der Waals surface area contributed by atoms with Gasteiger partial charge in [0, 0.05) is 54.6 Å². The number of rotatable bonds is 6. The third kappa shape index (κ3) is 6.00. The number of piperidine rings is 1. The van der Waals surface area contributed by atoms with Crippen molar-refractivity contribution < 1.29 is 18.8 Å². The van der Waals surface area contributed by atoms with E-state index in [1.165, 1.54) is 12.1 Å². The zero-order valence-corrected chi connectivity index (χ0v) is 21.1. The standard InChI is InChI=1S/C23H27FN4O2.C4H8O2/c1-15-18(23(29)28-10-3-2-4-21(28)25-15)9-13-27-11-7-16(8-12-27)22-19-6-5-17(24)14-20(19)30-26-22;1-2-3-4(5)6/h5-6,14,16H,2-4,7-13H2,1H3;2-3H2,1H3,(H,5,6). The number of carbonyl (C=O) groups is 1. The quantitative estimate of drug-likeness (QED) is 0.535. The Hall–Kier alpha value is -3.07. The number of hydrogen-bond acceptors (Lipinski definition) is 6. The van der Waals surface area contributed by atoms with E-state index in [1.54, 1.807) is 6.07 Å². The molecule has 0 atom stereocenters. The highest BCUT2D eigenvalue weighted by Gasteiger charge is 2.25. The zero-order valence-electron chi connectivity index (χ0n) is 21.1. The molecule has 3 aromatic rings. The van der Waals surface area contributed by atoms with Crippen molar-refractivity contribution in [1.82, 2.24) is 19.6 Å². The van der Waals surface area contributed by atoms with Gasteiger partial charge in [0.2, 0.25) is 0 Å². The Morgan fingerprint density at radius 2 is 2.00 bits per heavy atom. The molecule has 2 aliphatic heterocycles. The summed E-state index contributed by atoms with van der Waals surface area (Å²) in [7, 11) is 0. The Balaban J connectivity index is 0.000000455. The number of carboxylic acids is 1. The smallest absolute Gasteiger partial charge is 0.303 e. The van der Waals surface area contributed by atoms with E-state index < -0.39 is 5.97 Å². The molecule has 1 fully saturated rings. The van der Waals surface area contributed by atoms with E-state index in [0.717, 1.165) is 99.3 Å². The lowest BCUT2D eigenvalue weighted by atomic mass is 9.91. The highest BCUT2D eigenvalue weighted by Crippen LogP contribution is 2.32. The molecule has 2 aliphatic rings. The highest BCUT2D eigenvalue weighted by molar-refractivity contribution is 5.79. The van der Waals surface area contributed by atoms with E-state index >= 15 is 0 Å². The number of benzene rings is 1. The number of aryl methyl sites for hydroxylation is 2. The van der Waals surface area contributed by atoms with Crippen molar-refractivity contribution in [3.05, 3.63) is 57.1 Å². The van der Waals surface area contributed by atoms with Gasteiger partial charge in [-0.25, -0.2) is 9.37 Å². The number of aliphatic carboxylic acids is 1. The molecule has 1 aromatic carbocycles. The molecule has 0 aliphatic carbocycles. The third-order valence-corrected chi connectivity index (χ3v) is 7.16. The van der Waals surface area contributed by atoms with Crippen LogP contribution in [0.15, 0.2) is 27.5 Å². The number of nitrogens with zero attached hydrogens (tertiary/aromatic N) is 4. The SMILES string of the molecule is CCCC(=O)O.Cc1nc2n(c(=O)c1CCN1CCC(c3noc4cc(F)ccc34)CC1)CCCC2. The normalized spacial score (nSPS) is 16.4. The van der Waals surface area contributed by atoms with E-state index in [4.69, 9.17) is 14.6 Å². The summed E-state index contributed by atoms with van der Waals surface area (Å²) >= 11 is 0. The Morgan fingerprint density at radius 3 is 2.69 bits per heavy atom. The molecule has 1 N–H and O–H groups in total. The van der Waals surface area contributed by atoms with Gasteiger partial charge in [0.1, 0.15) is 11.6 Å². The molecule has 9 heteroatoms. The first kappa shape index (κ1) is 26.0.